The second kappa shape index (κ2) is 5.60. The third-order valence-electron chi connectivity index (χ3n) is 3.38. The van der Waals surface area contributed by atoms with Crippen molar-refractivity contribution in [2.75, 3.05) is 12.3 Å². The Kier molecular flexibility index (Phi) is 3.64. The van der Waals surface area contributed by atoms with Gasteiger partial charge in [-0.25, -0.2) is 4.39 Å². The molecule has 1 aromatic carbocycles. The van der Waals surface area contributed by atoms with E-state index in [-0.39, 0.29) is 5.82 Å². The van der Waals surface area contributed by atoms with E-state index in [1.165, 1.54) is 18.9 Å². The van der Waals surface area contributed by atoms with Gasteiger partial charge in [-0.1, -0.05) is 6.07 Å². The van der Waals surface area contributed by atoms with E-state index in [2.05, 4.69) is 4.98 Å². The molecule has 2 aromatic rings. The zero-order valence-electron chi connectivity index (χ0n) is 11.8. The maximum absolute atomic E-state index is 13.5. The molecule has 0 spiro atoms. The second-order valence-electron chi connectivity index (χ2n) is 5.31. The molecule has 1 heterocycles. The molecule has 21 heavy (non-hydrogen) atoms. The van der Waals surface area contributed by atoms with Gasteiger partial charge in [0.05, 0.1) is 12.3 Å². The van der Waals surface area contributed by atoms with Crippen LogP contribution in [0.1, 0.15) is 18.4 Å². The molecule has 4 nitrogen and oxygen atoms in total. The van der Waals surface area contributed by atoms with Gasteiger partial charge in [-0.05, 0) is 43.4 Å². The molecule has 1 fully saturated rings. The van der Waals surface area contributed by atoms with Gasteiger partial charge in [0, 0.05) is 12.1 Å². The van der Waals surface area contributed by atoms with Gasteiger partial charge in [0.15, 0.2) is 0 Å². The number of ether oxygens (including phenoxy) is 2. The molecule has 3 rings (SSSR count). The highest BCUT2D eigenvalue weighted by Gasteiger charge is 2.22. The number of hydrogen-bond donors (Lipinski definition) is 1. The second-order valence-corrected chi connectivity index (χ2v) is 5.31. The molecule has 0 bridgehead atoms. The summed E-state index contributed by atoms with van der Waals surface area (Å²) >= 11 is 0. The SMILES string of the molecule is Cc1ccc(Oc2ccc(N)c(OCC3CC3)n2)cc1F. The van der Waals surface area contributed by atoms with Crippen LogP contribution in [0.2, 0.25) is 0 Å². The van der Waals surface area contributed by atoms with Crippen molar-refractivity contribution in [2.45, 2.75) is 19.8 Å². The first-order valence-electron chi connectivity index (χ1n) is 6.95. The number of pyridine rings is 1. The van der Waals surface area contributed by atoms with Crippen LogP contribution in [-0.2, 0) is 0 Å². The number of anilines is 1. The van der Waals surface area contributed by atoms with Crippen LogP contribution < -0.4 is 15.2 Å². The fourth-order valence-corrected chi connectivity index (χ4v) is 1.85. The van der Waals surface area contributed by atoms with Crippen molar-refractivity contribution in [2.24, 2.45) is 5.92 Å². The van der Waals surface area contributed by atoms with Crippen molar-refractivity contribution in [3.05, 3.63) is 41.7 Å². The monoisotopic (exact) mass is 288 g/mol. The molecular formula is C16H17FN2O2. The van der Waals surface area contributed by atoms with Crippen molar-refractivity contribution >= 4 is 5.69 Å². The van der Waals surface area contributed by atoms with Gasteiger partial charge in [0.25, 0.3) is 0 Å². The largest absolute Gasteiger partial charge is 0.476 e. The van der Waals surface area contributed by atoms with E-state index in [1.54, 1.807) is 31.2 Å². The lowest BCUT2D eigenvalue weighted by molar-refractivity contribution is 0.286. The fraction of sp³-hybridized carbons (Fsp3) is 0.312. The van der Waals surface area contributed by atoms with Gasteiger partial charge < -0.3 is 15.2 Å². The molecule has 0 atom stereocenters. The molecule has 1 aliphatic carbocycles. The molecule has 0 radical (unpaired) electrons. The highest BCUT2D eigenvalue weighted by molar-refractivity contribution is 5.49. The number of rotatable bonds is 5. The molecule has 1 aliphatic rings. The molecule has 0 aliphatic heterocycles. The molecule has 0 saturated heterocycles. The van der Waals surface area contributed by atoms with E-state index in [1.807, 2.05) is 0 Å². The van der Waals surface area contributed by atoms with Crippen LogP contribution in [-0.4, -0.2) is 11.6 Å². The van der Waals surface area contributed by atoms with Crippen molar-refractivity contribution in [3.63, 3.8) is 0 Å². The average molecular weight is 288 g/mol. The van der Waals surface area contributed by atoms with E-state index in [4.69, 9.17) is 15.2 Å². The van der Waals surface area contributed by atoms with Crippen LogP contribution in [0.3, 0.4) is 0 Å². The Balaban J connectivity index is 1.74. The lowest BCUT2D eigenvalue weighted by atomic mass is 10.2. The highest BCUT2D eigenvalue weighted by Crippen LogP contribution is 2.31. The predicted molar refractivity (Wildman–Crippen MR) is 78.1 cm³/mol. The molecule has 2 N–H and O–H groups in total. The lowest BCUT2D eigenvalue weighted by Gasteiger charge is -2.10. The minimum absolute atomic E-state index is 0.312. The first-order chi connectivity index (χ1) is 10.1. The third kappa shape index (κ3) is 3.42. The minimum atomic E-state index is -0.312. The summed E-state index contributed by atoms with van der Waals surface area (Å²) < 4.78 is 24.6. The molecule has 5 heteroatoms. The number of halogens is 1. The van der Waals surface area contributed by atoms with Crippen LogP contribution in [0.5, 0.6) is 17.5 Å². The number of nitrogens with two attached hydrogens (primary N) is 1. The number of aryl methyl sites for hydroxylation is 1. The Labute approximate surface area is 122 Å². The normalized spacial score (nSPS) is 14.0. The summed E-state index contributed by atoms with van der Waals surface area (Å²) in [6.45, 7) is 2.32. The van der Waals surface area contributed by atoms with Crippen molar-refractivity contribution in [1.29, 1.82) is 0 Å². The van der Waals surface area contributed by atoms with E-state index in [9.17, 15) is 4.39 Å². The standard InChI is InChI=1S/C16H17FN2O2/c1-10-2-5-12(8-13(10)17)21-15-7-6-14(18)16(19-15)20-9-11-3-4-11/h2,5-8,11H,3-4,9,18H2,1H3. The predicted octanol–water partition coefficient (Wildman–Crippen LogP) is 3.69. The first-order valence-corrected chi connectivity index (χ1v) is 6.95. The summed E-state index contributed by atoms with van der Waals surface area (Å²) in [5.74, 6) is 1.39. The minimum Gasteiger partial charge on any atom is -0.476 e. The van der Waals surface area contributed by atoms with Crippen molar-refractivity contribution in [3.8, 4) is 17.5 Å². The molecule has 0 unspecified atom stereocenters. The summed E-state index contributed by atoms with van der Waals surface area (Å²) in [5.41, 5.74) is 6.87. The summed E-state index contributed by atoms with van der Waals surface area (Å²) in [6.07, 6.45) is 2.39. The maximum Gasteiger partial charge on any atom is 0.240 e. The summed E-state index contributed by atoms with van der Waals surface area (Å²) in [4.78, 5) is 4.23. The van der Waals surface area contributed by atoms with Gasteiger partial charge >= 0.3 is 0 Å². The Bertz CT molecular complexity index is 657. The van der Waals surface area contributed by atoms with Gasteiger partial charge in [0.2, 0.25) is 11.8 Å². The van der Waals surface area contributed by atoms with Gasteiger partial charge in [0.1, 0.15) is 11.6 Å². The first kappa shape index (κ1) is 13.7. The molecule has 1 aromatic heterocycles. The number of nitrogens with zero attached hydrogens (tertiary/aromatic N) is 1. The van der Waals surface area contributed by atoms with Gasteiger partial charge in [-0.15, -0.1) is 0 Å². The summed E-state index contributed by atoms with van der Waals surface area (Å²) in [7, 11) is 0. The fourth-order valence-electron chi connectivity index (χ4n) is 1.85. The van der Waals surface area contributed by atoms with Crippen LogP contribution in [0.15, 0.2) is 30.3 Å². The Morgan fingerprint density at radius 2 is 2.10 bits per heavy atom. The van der Waals surface area contributed by atoms with Crippen LogP contribution in [0.25, 0.3) is 0 Å². The Hall–Kier alpha value is -2.30. The number of aromatic nitrogens is 1. The maximum atomic E-state index is 13.5. The molecular weight excluding hydrogens is 271 g/mol. The quantitative estimate of drug-likeness (QED) is 0.911. The molecule has 1 saturated carbocycles. The third-order valence-corrected chi connectivity index (χ3v) is 3.38. The molecule has 0 amide bonds. The van der Waals surface area contributed by atoms with Crippen molar-refractivity contribution in [1.82, 2.24) is 4.98 Å². The van der Waals surface area contributed by atoms with E-state index < -0.39 is 0 Å². The zero-order chi connectivity index (χ0) is 14.8. The lowest BCUT2D eigenvalue weighted by Crippen LogP contribution is -2.04. The number of hydrogen-bond acceptors (Lipinski definition) is 4. The summed E-state index contributed by atoms with van der Waals surface area (Å²) in [5, 5.41) is 0. The Morgan fingerprint density at radius 1 is 1.29 bits per heavy atom. The number of nitrogen functional groups attached to an aromatic ring is 1. The van der Waals surface area contributed by atoms with E-state index >= 15 is 0 Å². The van der Waals surface area contributed by atoms with Gasteiger partial charge in [-0.2, -0.15) is 4.98 Å². The highest BCUT2D eigenvalue weighted by atomic mass is 19.1. The number of benzene rings is 1. The average Bonchev–Trinajstić information content (AvgIpc) is 3.28. The zero-order valence-corrected chi connectivity index (χ0v) is 11.8. The van der Waals surface area contributed by atoms with Crippen LogP contribution in [0, 0.1) is 18.7 Å². The molecule has 110 valence electrons. The van der Waals surface area contributed by atoms with Crippen LogP contribution in [0.4, 0.5) is 10.1 Å². The van der Waals surface area contributed by atoms with E-state index in [0.29, 0.717) is 41.3 Å². The smallest absolute Gasteiger partial charge is 0.240 e. The summed E-state index contributed by atoms with van der Waals surface area (Å²) in [6, 6.07) is 8.00. The van der Waals surface area contributed by atoms with E-state index in [0.717, 1.165) is 0 Å². The van der Waals surface area contributed by atoms with Gasteiger partial charge in [-0.3, -0.25) is 0 Å². The topological polar surface area (TPSA) is 57.4 Å². The Morgan fingerprint density at radius 3 is 2.81 bits per heavy atom. The van der Waals surface area contributed by atoms with Crippen molar-refractivity contribution < 1.29 is 13.9 Å². The van der Waals surface area contributed by atoms with Crippen LogP contribution >= 0.6 is 0 Å².